The standard InChI is InChI=1S/C27H26ClN3O3S/c1-5-34-26(33)24-17(2)29-27-31(22(24)15-12-19-8-6-7-9-21(19)28)25(32)23(35-27)16-18-10-13-20(14-11-18)30(3)4/h6-16,22H,5H2,1-4H3. The normalized spacial score (nSPS) is 15.8. The Morgan fingerprint density at radius 1 is 1.20 bits per heavy atom. The first kappa shape index (κ1) is 24.7. The fraction of sp³-hybridized carbons (Fsp3) is 0.222. The number of allylic oxidation sites excluding steroid dienone is 2. The summed E-state index contributed by atoms with van der Waals surface area (Å²) >= 11 is 7.63. The summed E-state index contributed by atoms with van der Waals surface area (Å²) in [5.74, 6) is -0.490. The van der Waals surface area contributed by atoms with E-state index in [-0.39, 0.29) is 12.2 Å². The lowest BCUT2D eigenvalue weighted by molar-refractivity contribution is -0.139. The average Bonchev–Trinajstić information content (AvgIpc) is 3.13. The van der Waals surface area contributed by atoms with E-state index in [4.69, 9.17) is 16.3 Å². The molecule has 0 radical (unpaired) electrons. The quantitative estimate of drug-likeness (QED) is 0.469. The van der Waals surface area contributed by atoms with Crippen molar-refractivity contribution in [3.8, 4) is 0 Å². The largest absolute Gasteiger partial charge is 0.463 e. The minimum absolute atomic E-state index is 0.214. The highest BCUT2D eigenvalue weighted by Crippen LogP contribution is 2.27. The summed E-state index contributed by atoms with van der Waals surface area (Å²) in [4.78, 5) is 33.6. The van der Waals surface area contributed by atoms with E-state index in [0.29, 0.717) is 25.6 Å². The first-order valence-corrected chi connectivity index (χ1v) is 12.4. The number of rotatable bonds is 6. The number of esters is 1. The number of carbonyl (C=O) groups excluding carboxylic acids is 1. The van der Waals surface area contributed by atoms with Gasteiger partial charge in [0, 0.05) is 24.8 Å². The van der Waals surface area contributed by atoms with Crippen molar-refractivity contribution in [3.05, 3.63) is 102 Å². The van der Waals surface area contributed by atoms with Crippen LogP contribution in [0.2, 0.25) is 5.02 Å². The molecule has 0 saturated heterocycles. The van der Waals surface area contributed by atoms with Gasteiger partial charge in [0.25, 0.3) is 5.56 Å². The number of ether oxygens (including phenoxy) is 1. The summed E-state index contributed by atoms with van der Waals surface area (Å²) < 4.78 is 7.40. The van der Waals surface area contributed by atoms with Crippen LogP contribution < -0.4 is 19.8 Å². The van der Waals surface area contributed by atoms with Crippen LogP contribution in [0.15, 0.2) is 75.7 Å². The number of nitrogens with zero attached hydrogens (tertiary/aromatic N) is 3. The van der Waals surface area contributed by atoms with Crippen molar-refractivity contribution in [2.24, 2.45) is 4.99 Å². The van der Waals surface area contributed by atoms with Crippen LogP contribution in [0.4, 0.5) is 5.69 Å². The molecular formula is C27H26ClN3O3S. The highest BCUT2D eigenvalue weighted by Gasteiger charge is 2.30. The molecule has 1 atom stereocenters. The number of anilines is 1. The number of halogens is 1. The number of thiazole rings is 1. The van der Waals surface area contributed by atoms with Crippen LogP contribution in [0.3, 0.4) is 0 Å². The van der Waals surface area contributed by atoms with E-state index >= 15 is 0 Å². The van der Waals surface area contributed by atoms with Crippen LogP contribution in [-0.4, -0.2) is 31.2 Å². The number of fused-ring (bicyclic) bond motifs is 1. The Morgan fingerprint density at radius 3 is 2.57 bits per heavy atom. The van der Waals surface area contributed by atoms with Crippen molar-refractivity contribution >= 4 is 46.7 Å². The maximum atomic E-state index is 13.6. The number of hydrogen-bond donors (Lipinski definition) is 0. The molecule has 0 spiro atoms. The van der Waals surface area contributed by atoms with Gasteiger partial charge in [0.1, 0.15) is 0 Å². The molecule has 1 aliphatic heterocycles. The third-order valence-electron chi connectivity index (χ3n) is 5.63. The fourth-order valence-electron chi connectivity index (χ4n) is 3.84. The Kier molecular flexibility index (Phi) is 7.38. The highest BCUT2D eigenvalue weighted by atomic mass is 35.5. The van der Waals surface area contributed by atoms with E-state index in [1.807, 2.05) is 73.6 Å². The van der Waals surface area contributed by atoms with E-state index in [2.05, 4.69) is 4.99 Å². The molecule has 0 fully saturated rings. The molecular weight excluding hydrogens is 482 g/mol. The number of benzene rings is 2. The molecule has 0 saturated carbocycles. The minimum atomic E-state index is -0.667. The lowest BCUT2D eigenvalue weighted by atomic mass is 10.0. The maximum Gasteiger partial charge on any atom is 0.338 e. The average molecular weight is 508 g/mol. The van der Waals surface area contributed by atoms with Gasteiger partial charge in [0.05, 0.1) is 28.5 Å². The number of hydrogen-bond acceptors (Lipinski definition) is 6. The molecule has 0 amide bonds. The van der Waals surface area contributed by atoms with Gasteiger partial charge in [-0.3, -0.25) is 9.36 Å². The number of aromatic nitrogens is 1. The number of carbonyl (C=O) groups is 1. The molecule has 0 aliphatic carbocycles. The van der Waals surface area contributed by atoms with Gasteiger partial charge in [-0.1, -0.05) is 65.4 Å². The fourth-order valence-corrected chi connectivity index (χ4v) is 5.09. The smallest absolute Gasteiger partial charge is 0.338 e. The van der Waals surface area contributed by atoms with E-state index in [1.54, 1.807) is 30.6 Å². The van der Waals surface area contributed by atoms with Crippen LogP contribution in [0, 0.1) is 0 Å². The molecule has 6 nitrogen and oxygen atoms in total. The van der Waals surface area contributed by atoms with Gasteiger partial charge in [-0.25, -0.2) is 9.79 Å². The van der Waals surface area contributed by atoms with Crippen molar-refractivity contribution in [1.29, 1.82) is 0 Å². The Balaban J connectivity index is 1.84. The summed E-state index contributed by atoms with van der Waals surface area (Å²) in [5, 5.41) is 0.579. The van der Waals surface area contributed by atoms with Gasteiger partial charge in [-0.15, -0.1) is 0 Å². The molecule has 2 aromatic carbocycles. The second kappa shape index (κ2) is 10.5. The highest BCUT2D eigenvalue weighted by molar-refractivity contribution is 7.07. The summed E-state index contributed by atoms with van der Waals surface area (Å²) in [6.45, 7) is 3.74. The molecule has 3 aromatic rings. The van der Waals surface area contributed by atoms with Crippen LogP contribution in [0.5, 0.6) is 0 Å². The molecule has 0 N–H and O–H groups in total. The Bertz CT molecular complexity index is 1500. The molecule has 35 heavy (non-hydrogen) atoms. The topological polar surface area (TPSA) is 63.9 Å². The molecule has 8 heteroatoms. The van der Waals surface area contributed by atoms with Crippen LogP contribution in [-0.2, 0) is 9.53 Å². The van der Waals surface area contributed by atoms with Crippen LogP contribution in [0.1, 0.15) is 31.0 Å². The zero-order valence-electron chi connectivity index (χ0n) is 20.0. The second-order valence-electron chi connectivity index (χ2n) is 8.21. The van der Waals surface area contributed by atoms with Gasteiger partial charge in [0.2, 0.25) is 0 Å². The van der Waals surface area contributed by atoms with Gasteiger partial charge in [0.15, 0.2) is 4.80 Å². The third kappa shape index (κ3) is 5.16. The van der Waals surface area contributed by atoms with Gasteiger partial charge in [-0.2, -0.15) is 0 Å². The van der Waals surface area contributed by atoms with Crippen molar-refractivity contribution in [1.82, 2.24) is 4.57 Å². The third-order valence-corrected chi connectivity index (χ3v) is 6.96. The van der Waals surface area contributed by atoms with Crippen molar-refractivity contribution in [2.75, 3.05) is 25.6 Å². The monoisotopic (exact) mass is 507 g/mol. The zero-order chi connectivity index (χ0) is 25.1. The minimum Gasteiger partial charge on any atom is -0.463 e. The van der Waals surface area contributed by atoms with Gasteiger partial charge < -0.3 is 9.64 Å². The Labute approximate surface area is 212 Å². The molecule has 1 aliphatic rings. The molecule has 1 aromatic heterocycles. The molecule has 1 unspecified atom stereocenters. The van der Waals surface area contributed by atoms with E-state index in [9.17, 15) is 9.59 Å². The Morgan fingerprint density at radius 2 is 1.91 bits per heavy atom. The predicted octanol–water partition coefficient (Wildman–Crippen LogP) is 4.18. The second-order valence-corrected chi connectivity index (χ2v) is 9.63. The molecule has 180 valence electrons. The molecule has 2 heterocycles. The van der Waals surface area contributed by atoms with Crippen LogP contribution in [0.25, 0.3) is 12.2 Å². The SMILES string of the molecule is CCOC(=O)C1=C(C)N=c2sc(=Cc3ccc(N(C)C)cc3)c(=O)n2C1C=Cc1ccccc1Cl. The maximum absolute atomic E-state index is 13.6. The summed E-state index contributed by atoms with van der Waals surface area (Å²) in [6, 6.07) is 14.7. The lowest BCUT2D eigenvalue weighted by Crippen LogP contribution is -2.38. The first-order valence-electron chi connectivity index (χ1n) is 11.2. The van der Waals surface area contributed by atoms with Gasteiger partial charge in [-0.05, 0) is 49.2 Å². The summed E-state index contributed by atoms with van der Waals surface area (Å²) in [5.41, 5.74) is 3.42. The van der Waals surface area contributed by atoms with Crippen molar-refractivity contribution < 1.29 is 9.53 Å². The lowest BCUT2D eigenvalue weighted by Gasteiger charge is -2.21. The predicted molar refractivity (Wildman–Crippen MR) is 143 cm³/mol. The zero-order valence-corrected chi connectivity index (χ0v) is 21.6. The Hall–Kier alpha value is -3.42. The van der Waals surface area contributed by atoms with Crippen LogP contribution >= 0.6 is 22.9 Å². The van der Waals surface area contributed by atoms with E-state index in [0.717, 1.165) is 16.8 Å². The van der Waals surface area contributed by atoms with Gasteiger partial charge >= 0.3 is 5.97 Å². The van der Waals surface area contributed by atoms with E-state index in [1.165, 1.54) is 11.3 Å². The summed E-state index contributed by atoms with van der Waals surface area (Å²) in [6.07, 6.45) is 5.47. The first-order chi connectivity index (χ1) is 16.8. The molecule has 0 bridgehead atoms. The summed E-state index contributed by atoms with van der Waals surface area (Å²) in [7, 11) is 3.96. The van der Waals surface area contributed by atoms with Crippen molar-refractivity contribution in [2.45, 2.75) is 19.9 Å². The van der Waals surface area contributed by atoms with E-state index < -0.39 is 12.0 Å². The molecule has 4 rings (SSSR count). The van der Waals surface area contributed by atoms with Crippen molar-refractivity contribution in [3.63, 3.8) is 0 Å².